The third kappa shape index (κ3) is 2.03. The maximum Gasteiger partial charge on any atom is 0.306 e. The maximum absolute atomic E-state index is 11.2. The number of rotatable bonds is 2. The molecule has 2 rings (SSSR count). The fourth-order valence-electron chi connectivity index (χ4n) is 2.54. The maximum atomic E-state index is 11.2. The summed E-state index contributed by atoms with van der Waals surface area (Å²) in [6.07, 6.45) is 3.91. The topological polar surface area (TPSA) is 35.5 Å². The molecule has 0 aromatic heterocycles. The van der Waals surface area contributed by atoms with Crippen molar-refractivity contribution in [2.24, 2.45) is 5.92 Å². The highest BCUT2D eigenvalue weighted by Crippen LogP contribution is 2.39. The molecule has 0 saturated carbocycles. The zero-order chi connectivity index (χ0) is 11.1. The smallest absolute Gasteiger partial charge is 0.306 e. The van der Waals surface area contributed by atoms with E-state index in [1.807, 2.05) is 6.92 Å². The summed E-state index contributed by atoms with van der Waals surface area (Å²) in [5.41, 5.74) is -0.360. The van der Waals surface area contributed by atoms with Gasteiger partial charge in [0, 0.05) is 6.42 Å². The molecule has 3 atom stereocenters. The highest BCUT2D eigenvalue weighted by molar-refractivity contribution is 5.72. The first kappa shape index (κ1) is 10.9. The predicted octanol–water partition coefficient (Wildman–Crippen LogP) is 2.29. The number of hydrogen-bond acceptors (Lipinski definition) is 3. The second-order valence-corrected chi connectivity index (χ2v) is 5.27. The molecule has 2 saturated heterocycles. The van der Waals surface area contributed by atoms with Gasteiger partial charge in [0.25, 0.3) is 0 Å². The molecule has 0 amide bonds. The minimum Gasteiger partial charge on any atom is -0.457 e. The van der Waals surface area contributed by atoms with Gasteiger partial charge in [0.05, 0.1) is 12.2 Å². The molecule has 2 aliphatic rings. The van der Waals surface area contributed by atoms with E-state index >= 15 is 0 Å². The van der Waals surface area contributed by atoms with Crippen molar-refractivity contribution in [1.82, 2.24) is 0 Å². The molecule has 3 heteroatoms. The van der Waals surface area contributed by atoms with Crippen LogP contribution in [0, 0.1) is 5.92 Å². The Labute approximate surface area is 91.1 Å². The van der Waals surface area contributed by atoms with Crippen LogP contribution in [0.15, 0.2) is 0 Å². The third-order valence-electron chi connectivity index (χ3n) is 3.65. The van der Waals surface area contributed by atoms with Gasteiger partial charge in [-0.3, -0.25) is 4.79 Å². The van der Waals surface area contributed by atoms with Gasteiger partial charge in [-0.25, -0.2) is 0 Å². The second kappa shape index (κ2) is 3.78. The lowest BCUT2D eigenvalue weighted by atomic mass is 9.93. The molecule has 86 valence electrons. The summed E-state index contributed by atoms with van der Waals surface area (Å²) in [6, 6.07) is 0. The fraction of sp³-hybridized carbons (Fsp3) is 0.917. The van der Waals surface area contributed by atoms with Gasteiger partial charge in [-0.2, -0.15) is 0 Å². The van der Waals surface area contributed by atoms with E-state index in [4.69, 9.17) is 9.47 Å². The average molecular weight is 212 g/mol. The molecule has 2 heterocycles. The quantitative estimate of drug-likeness (QED) is 0.659. The van der Waals surface area contributed by atoms with Crippen LogP contribution >= 0.6 is 0 Å². The van der Waals surface area contributed by atoms with E-state index in [2.05, 4.69) is 13.8 Å². The summed E-state index contributed by atoms with van der Waals surface area (Å²) in [7, 11) is 0. The number of ether oxygens (including phenoxy) is 2. The van der Waals surface area contributed by atoms with Crippen LogP contribution in [0.1, 0.15) is 46.5 Å². The van der Waals surface area contributed by atoms with Crippen molar-refractivity contribution in [2.45, 2.75) is 64.3 Å². The monoisotopic (exact) mass is 212 g/mol. The molecule has 15 heavy (non-hydrogen) atoms. The van der Waals surface area contributed by atoms with Crippen LogP contribution in [-0.2, 0) is 14.3 Å². The second-order valence-electron chi connectivity index (χ2n) is 5.27. The zero-order valence-corrected chi connectivity index (χ0v) is 9.79. The summed E-state index contributed by atoms with van der Waals surface area (Å²) in [5, 5.41) is 0. The van der Waals surface area contributed by atoms with E-state index in [1.54, 1.807) is 0 Å². The lowest BCUT2D eigenvalue weighted by Crippen LogP contribution is -2.39. The van der Waals surface area contributed by atoms with Crippen molar-refractivity contribution in [2.75, 3.05) is 0 Å². The molecule has 2 aliphatic heterocycles. The molecule has 0 unspecified atom stereocenters. The first-order chi connectivity index (χ1) is 7.01. The summed E-state index contributed by atoms with van der Waals surface area (Å²) >= 11 is 0. The molecular formula is C12H20O3. The Hall–Kier alpha value is -0.570. The Kier molecular flexibility index (Phi) is 2.75. The number of hydrogen-bond donors (Lipinski definition) is 0. The van der Waals surface area contributed by atoms with Crippen LogP contribution in [0.2, 0.25) is 0 Å². The molecule has 0 bridgehead atoms. The van der Waals surface area contributed by atoms with Gasteiger partial charge in [-0.1, -0.05) is 13.8 Å². The minimum atomic E-state index is -0.360. The largest absolute Gasteiger partial charge is 0.457 e. The standard InChI is InChI=1S/C12H20O3/c1-8(2)9-4-5-10(14-9)12(3)7-6-11(13)15-12/h8-10H,4-7H2,1-3H3/t9-,10-,12+/m0/s1. The lowest BCUT2D eigenvalue weighted by molar-refractivity contribution is -0.160. The Bertz CT molecular complexity index is 262. The molecule has 2 fully saturated rings. The minimum absolute atomic E-state index is 0.0749. The van der Waals surface area contributed by atoms with E-state index in [0.29, 0.717) is 18.4 Å². The highest BCUT2D eigenvalue weighted by Gasteiger charge is 2.47. The summed E-state index contributed by atoms with van der Waals surface area (Å²) in [5.74, 6) is 0.477. The van der Waals surface area contributed by atoms with Gasteiger partial charge < -0.3 is 9.47 Å². The van der Waals surface area contributed by atoms with E-state index in [1.165, 1.54) is 0 Å². The van der Waals surface area contributed by atoms with Gasteiger partial charge in [0.15, 0.2) is 0 Å². The summed E-state index contributed by atoms with van der Waals surface area (Å²) in [4.78, 5) is 11.2. The van der Waals surface area contributed by atoms with Gasteiger partial charge in [-0.05, 0) is 32.1 Å². The van der Waals surface area contributed by atoms with Gasteiger partial charge in [-0.15, -0.1) is 0 Å². The van der Waals surface area contributed by atoms with Crippen molar-refractivity contribution >= 4 is 5.97 Å². The average Bonchev–Trinajstić information content (AvgIpc) is 2.73. The summed E-state index contributed by atoms with van der Waals surface area (Å²) in [6.45, 7) is 6.36. The molecule has 3 nitrogen and oxygen atoms in total. The molecule has 0 aliphatic carbocycles. The zero-order valence-electron chi connectivity index (χ0n) is 9.79. The Morgan fingerprint density at radius 1 is 1.40 bits per heavy atom. The molecule has 0 radical (unpaired) electrons. The first-order valence-corrected chi connectivity index (χ1v) is 5.88. The van der Waals surface area contributed by atoms with E-state index in [0.717, 1.165) is 19.3 Å². The molecular weight excluding hydrogens is 192 g/mol. The van der Waals surface area contributed by atoms with Gasteiger partial charge >= 0.3 is 5.97 Å². The number of esters is 1. The molecule has 0 aromatic rings. The SMILES string of the molecule is CC(C)[C@@H]1CC[C@@H]([C@@]2(C)CCC(=O)O2)O1. The highest BCUT2D eigenvalue weighted by atomic mass is 16.6. The first-order valence-electron chi connectivity index (χ1n) is 5.88. The number of cyclic esters (lactones) is 1. The van der Waals surface area contributed by atoms with Crippen LogP contribution in [0.5, 0.6) is 0 Å². The normalized spacial score (nSPS) is 41.2. The van der Waals surface area contributed by atoms with Gasteiger partial charge in [0.1, 0.15) is 5.60 Å². The van der Waals surface area contributed by atoms with Crippen molar-refractivity contribution in [3.63, 3.8) is 0 Å². The predicted molar refractivity (Wildman–Crippen MR) is 56.5 cm³/mol. The van der Waals surface area contributed by atoms with Crippen molar-refractivity contribution in [3.05, 3.63) is 0 Å². The van der Waals surface area contributed by atoms with Crippen molar-refractivity contribution < 1.29 is 14.3 Å². The van der Waals surface area contributed by atoms with Crippen LogP contribution in [0.4, 0.5) is 0 Å². The number of carbonyl (C=O) groups is 1. The Morgan fingerprint density at radius 3 is 2.60 bits per heavy atom. The van der Waals surface area contributed by atoms with Crippen LogP contribution in [-0.4, -0.2) is 23.8 Å². The Balaban J connectivity index is 1.98. The van der Waals surface area contributed by atoms with Crippen molar-refractivity contribution in [1.29, 1.82) is 0 Å². The molecule has 0 N–H and O–H groups in total. The van der Waals surface area contributed by atoms with Crippen LogP contribution in [0.3, 0.4) is 0 Å². The lowest BCUT2D eigenvalue weighted by Gasteiger charge is -2.30. The molecule has 0 aromatic carbocycles. The Morgan fingerprint density at radius 2 is 2.13 bits per heavy atom. The fourth-order valence-corrected chi connectivity index (χ4v) is 2.54. The van der Waals surface area contributed by atoms with Crippen molar-refractivity contribution in [3.8, 4) is 0 Å². The van der Waals surface area contributed by atoms with E-state index in [-0.39, 0.29) is 17.7 Å². The third-order valence-corrected chi connectivity index (χ3v) is 3.65. The number of carbonyl (C=O) groups excluding carboxylic acids is 1. The van der Waals surface area contributed by atoms with Gasteiger partial charge in [0.2, 0.25) is 0 Å². The van der Waals surface area contributed by atoms with Crippen LogP contribution in [0.25, 0.3) is 0 Å². The van der Waals surface area contributed by atoms with E-state index < -0.39 is 0 Å². The molecule has 0 spiro atoms. The van der Waals surface area contributed by atoms with Crippen LogP contribution < -0.4 is 0 Å². The summed E-state index contributed by atoms with van der Waals surface area (Å²) < 4.78 is 11.4. The van der Waals surface area contributed by atoms with E-state index in [9.17, 15) is 4.79 Å².